The Morgan fingerprint density at radius 3 is 2.57 bits per heavy atom. The van der Waals surface area contributed by atoms with Crippen molar-refractivity contribution in [1.82, 2.24) is 15.5 Å². The number of nitrogens with zero attached hydrogens (tertiary/aromatic N) is 1. The lowest BCUT2D eigenvalue weighted by Gasteiger charge is -2.25. The Hall–Kier alpha value is -2.56. The Bertz CT molecular complexity index is 983. The van der Waals surface area contributed by atoms with Crippen molar-refractivity contribution in [3.63, 3.8) is 0 Å². The van der Waals surface area contributed by atoms with Gasteiger partial charge in [-0.3, -0.25) is 14.5 Å². The Morgan fingerprint density at radius 1 is 1.29 bits per heavy atom. The van der Waals surface area contributed by atoms with Gasteiger partial charge in [0.2, 0.25) is 5.91 Å². The van der Waals surface area contributed by atoms with E-state index in [1.165, 1.54) is 6.92 Å². The third-order valence-corrected chi connectivity index (χ3v) is 6.89. The second-order valence-corrected chi connectivity index (χ2v) is 9.71. The van der Waals surface area contributed by atoms with Crippen molar-refractivity contribution in [2.24, 2.45) is 0 Å². The summed E-state index contributed by atoms with van der Waals surface area (Å²) < 4.78 is 50.9. The Labute approximate surface area is 160 Å². The Balaban J connectivity index is 1.77. The van der Waals surface area contributed by atoms with Crippen LogP contribution in [0.15, 0.2) is 18.2 Å². The summed E-state index contributed by atoms with van der Waals surface area (Å²) in [5.74, 6) is -3.62. The van der Waals surface area contributed by atoms with Crippen LogP contribution in [0.2, 0.25) is 0 Å². The van der Waals surface area contributed by atoms with E-state index in [1.54, 1.807) is 6.92 Å². The summed E-state index contributed by atoms with van der Waals surface area (Å²) in [7, 11) is -3.26. The van der Waals surface area contributed by atoms with Gasteiger partial charge in [0.25, 0.3) is 5.91 Å². The highest BCUT2D eigenvalue weighted by Gasteiger charge is 2.51. The highest BCUT2D eigenvalue weighted by molar-refractivity contribution is 7.91. The van der Waals surface area contributed by atoms with Crippen molar-refractivity contribution in [3.8, 4) is 0 Å². The van der Waals surface area contributed by atoms with Crippen LogP contribution in [0.1, 0.15) is 25.8 Å². The minimum atomic E-state index is -3.26. The number of hydrogen-bond acceptors (Lipinski definition) is 5. The van der Waals surface area contributed by atoms with Crippen LogP contribution in [0.3, 0.4) is 0 Å². The summed E-state index contributed by atoms with van der Waals surface area (Å²) in [6.07, 6.45) is 0.216. The number of halogens is 2. The van der Waals surface area contributed by atoms with E-state index in [0.717, 1.165) is 18.2 Å². The van der Waals surface area contributed by atoms with E-state index < -0.39 is 56.9 Å². The van der Waals surface area contributed by atoms with Crippen molar-refractivity contribution in [2.45, 2.75) is 31.3 Å². The average molecular weight is 415 g/mol. The molecule has 2 aliphatic heterocycles. The fraction of sp³-hybridized carbons (Fsp3) is 0.471. The standard InChI is InChI=1S/C17H19F2N3O5S/c1-16(5-6-28(26,27)9-16)20-13(23)8-22-14(24)17(2,21-15(22)25)11-7-10(18)3-4-12(11)19/h3-4,7H,5-6,8-9H2,1-2H3,(H,20,23)(H,21,25)/t16-,17+/m0/s1. The quantitative estimate of drug-likeness (QED) is 0.693. The molecule has 0 spiro atoms. The lowest BCUT2D eigenvalue weighted by Crippen LogP contribution is -2.51. The lowest BCUT2D eigenvalue weighted by molar-refractivity contribution is -0.135. The molecule has 2 saturated heterocycles. The molecule has 8 nitrogen and oxygen atoms in total. The van der Waals surface area contributed by atoms with Crippen LogP contribution in [-0.2, 0) is 25.0 Å². The normalized spacial score (nSPS) is 29.1. The third-order valence-electron chi connectivity index (χ3n) is 4.99. The van der Waals surface area contributed by atoms with Gasteiger partial charge in [-0.2, -0.15) is 0 Å². The van der Waals surface area contributed by atoms with Gasteiger partial charge in [0.05, 0.1) is 17.0 Å². The molecular formula is C17H19F2N3O5S. The van der Waals surface area contributed by atoms with Crippen LogP contribution in [0.25, 0.3) is 0 Å². The van der Waals surface area contributed by atoms with Gasteiger partial charge in [-0.05, 0) is 38.5 Å². The molecule has 0 bridgehead atoms. The van der Waals surface area contributed by atoms with E-state index in [1.807, 2.05) is 0 Å². The number of hydrogen-bond donors (Lipinski definition) is 2. The summed E-state index contributed by atoms with van der Waals surface area (Å²) in [6, 6.07) is 1.59. The maximum absolute atomic E-state index is 14.1. The van der Waals surface area contributed by atoms with Gasteiger partial charge < -0.3 is 10.6 Å². The molecule has 2 fully saturated rings. The number of sulfone groups is 1. The van der Waals surface area contributed by atoms with Gasteiger partial charge in [0.15, 0.2) is 9.84 Å². The SMILES string of the molecule is C[C@]1(NC(=O)CN2C(=O)N[C@](C)(c3cc(F)ccc3F)C2=O)CCS(=O)(=O)C1. The first-order chi connectivity index (χ1) is 12.9. The summed E-state index contributed by atoms with van der Waals surface area (Å²) in [5, 5.41) is 4.83. The smallest absolute Gasteiger partial charge is 0.325 e. The Morgan fingerprint density at radius 2 is 1.96 bits per heavy atom. The van der Waals surface area contributed by atoms with Gasteiger partial charge in [-0.15, -0.1) is 0 Å². The lowest BCUT2D eigenvalue weighted by atomic mass is 9.91. The summed E-state index contributed by atoms with van der Waals surface area (Å²) >= 11 is 0. The molecule has 1 aromatic rings. The van der Waals surface area contributed by atoms with E-state index in [9.17, 15) is 31.6 Å². The molecule has 3 rings (SSSR count). The second kappa shape index (κ2) is 6.50. The minimum Gasteiger partial charge on any atom is -0.348 e. The summed E-state index contributed by atoms with van der Waals surface area (Å²) in [4.78, 5) is 37.9. The van der Waals surface area contributed by atoms with Crippen molar-refractivity contribution < 1.29 is 31.6 Å². The molecule has 0 saturated carbocycles. The van der Waals surface area contributed by atoms with Gasteiger partial charge in [-0.25, -0.2) is 22.0 Å². The van der Waals surface area contributed by atoms with E-state index in [4.69, 9.17) is 0 Å². The van der Waals surface area contributed by atoms with E-state index in [-0.39, 0.29) is 23.5 Å². The zero-order valence-corrected chi connectivity index (χ0v) is 16.0. The Kier molecular flexibility index (Phi) is 4.69. The number of urea groups is 1. The topological polar surface area (TPSA) is 113 Å². The molecule has 1 aromatic carbocycles. The first kappa shape index (κ1) is 20.2. The summed E-state index contributed by atoms with van der Waals surface area (Å²) in [6.45, 7) is 2.11. The largest absolute Gasteiger partial charge is 0.348 e. The highest BCUT2D eigenvalue weighted by atomic mass is 32.2. The van der Waals surface area contributed by atoms with E-state index in [0.29, 0.717) is 4.90 Å². The predicted molar refractivity (Wildman–Crippen MR) is 93.8 cm³/mol. The summed E-state index contributed by atoms with van der Waals surface area (Å²) in [5.41, 5.74) is -3.22. The molecule has 28 heavy (non-hydrogen) atoms. The average Bonchev–Trinajstić information content (AvgIpc) is 2.97. The van der Waals surface area contributed by atoms with Crippen molar-refractivity contribution in [1.29, 1.82) is 0 Å². The number of rotatable bonds is 4. The van der Waals surface area contributed by atoms with Gasteiger partial charge in [0.1, 0.15) is 23.7 Å². The molecule has 11 heteroatoms. The van der Waals surface area contributed by atoms with Crippen LogP contribution in [-0.4, -0.2) is 54.8 Å². The number of amides is 4. The molecule has 152 valence electrons. The van der Waals surface area contributed by atoms with E-state index in [2.05, 4.69) is 10.6 Å². The highest BCUT2D eigenvalue weighted by Crippen LogP contribution is 2.31. The molecule has 0 radical (unpaired) electrons. The molecule has 2 heterocycles. The molecule has 2 N–H and O–H groups in total. The van der Waals surface area contributed by atoms with E-state index >= 15 is 0 Å². The van der Waals surface area contributed by atoms with Crippen molar-refractivity contribution in [3.05, 3.63) is 35.4 Å². The molecule has 2 aliphatic rings. The van der Waals surface area contributed by atoms with Crippen LogP contribution in [0, 0.1) is 11.6 Å². The third kappa shape index (κ3) is 3.58. The number of carbonyl (C=O) groups excluding carboxylic acids is 3. The molecule has 0 aromatic heterocycles. The zero-order chi connectivity index (χ0) is 20.9. The zero-order valence-electron chi connectivity index (χ0n) is 15.2. The van der Waals surface area contributed by atoms with Crippen molar-refractivity contribution >= 4 is 27.7 Å². The maximum atomic E-state index is 14.1. The molecule has 0 unspecified atom stereocenters. The first-order valence-corrected chi connectivity index (χ1v) is 10.3. The molecule has 4 amide bonds. The fourth-order valence-electron chi connectivity index (χ4n) is 3.53. The monoisotopic (exact) mass is 415 g/mol. The van der Waals surface area contributed by atoms with Crippen LogP contribution < -0.4 is 10.6 Å². The van der Waals surface area contributed by atoms with Crippen LogP contribution in [0.4, 0.5) is 13.6 Å². The second-order valence-electron chi connectivity index (χ2n) is 7.52. The number of carbonyl (C=O) groups is 3. The molecule has 0 aliphatic carbocycles. The van der Waals surface area contributed by atoms with Crippen LogP contribution >= 0.6 is 0 Å². The van der Waals surface area contributed by atoms with Crippen molar-refractivity contribution in [2.75, 3.05) is 18.1 Å². The molecule has 2 atom stereocenters. The van der Waals surface area contributed by atoms with Crippen LogP contribution in [0.5, 0.6) is 0 Å². The number of nitrogens with one attached hydrogen (secondary N) is 2. The van der Waals surface area contributed by atoms with Gasteiger partial charge in [-0.1, -0.05) is 0 Å². The first-order valence-electron chi connectivity index (χ1n) is 8.46. The minimum absolute atomic E-state index is 0.0656. The van der Waals surface area contributed by atoms with Gasteiger partial charge in [0, 0.05) is 5.56 Å². The predicted octanol–water partition coefficient (Wildman–Crippen LogP) is 0.425. The van der Waals surface area contributed by atoms with Gasteiger partial charge >= 0.3 is 6.03 Å². The number of imide groups is 1. The molecular weight excluding hydrogens is 396 g/mol. The maximum Gasteiger partial charge on any atom is 0.325 e. The number of benzene rings is 1. The fourth-order valence-corrected chi connectivity index (χ4v) is 5.63.